The number of halogens is 1. The van der Waals surface area contributed by atoms with Gasteiger partial charge < -0.3 is 13.3 Å². The average Bonchev–Trinajstić information content (AvgIpc) is 2.37. The van der Waals surface area contributed by atoms with E-state index in [4.69, 9.17) is 13.3 Å². The van der Waals surface area contributed by atoms with Crippen LogP contribution in [-0.2, 0) is 24.7 Å². The summed E-state index contributed by atoms with van der Waals surface area (Å²) in [5, 5.41) is 0.870. The lowest BCUT2D eigenvalue weighted by Gasteiger charge is -2.24. The molecule has 1 aromatic rings. The molecule has 5 heteroatoms. The van der Waals surface area contributed by atoms with Gasteiger partial charge in [0.25, 0.3) is 0 Å². The van der Waals surface area contributed by atoms with Crippen LogP contribution in [-0.4, -0.2) is 30.1 Å². The van der Waals surface area contributed by atoms with E-state index >= 15 is 0 Å². The molecule has 0 fully saturated rings. The first kappa shape index (κ1) is 13.9. The molecule has 1 rings (SSSR count). The van der Waals surface area contributed by atoms with Crippen LogP contribution >= 0.6 is 15.9 Å². The molecule has 0 N–H and O–H groups in total. The zero-order chi connectivity index (χ0) is 12.0. The maximum atomic E-state index is 5.38. The third-order valence-corrected chi connectivity index (χ3v) is 5.89. The topological polar surface area (TPSA) is 27.7 Å². The summed E-state index contributed by atoms with van der Waals surface area (Å²) in [5.74, 6) is 0. The van der Waals surface area contributed by atoms with E-state index in [1.165, 1.54) is 11.1 Å². The van der Waals surface area contributed by atoms with Gasteiger partial charge in [-0.15, -0.1) is 0 Å². The van der Waals surface area contributed by atoms with Crippen LogP contribution < -0.4 is 0 Å². The van der Waals surface area contributed by atoms with E-state index in [1.807, 2.05) is 0 Å². The lowest BCUT2D eigenvalue weighted by atomic mass is 10.2. The Balaban J connectivity index is 2.77. The fourth-order valence-electron chi connectivity index (χ4n) is 1.46. The molecule has 90 valence electrons. The van der Waals surface area contributed by atoms with Gasteiger partial charge in [-0.1, -0.05) is 40.2 Å². The van der Waals surface area contributed by atoms with E-state index in [2.05, 4.69) is 40.2 Å². The summed E-state index contributed by atoms with van der Waals surface area (Å²) < 4.78 is 16.1. The molecule has 0 saturated carbocycles. The second-order valence-corrected chi connectivity index (χ2v) is 6.93. The molecule has 1 aromatic carbocycles. The summed E-state index contributed by atoms with van der Waals surface area (Å²) in [5.41, 5.74) is 2.42. The Morgan fingerprint density at radius 3 is 1.75 bits per heavy atom. The standard InChI is InChI=1S/C11H17BrO3Si/c1-13-16(14-2,15-3)9-11-6-4-10(8-12)5-7-11/h4-7H,8-9H2,1-3H3. The SMILES string of the molecule is CO[Si](Cc1ccc(CBr)cc1)(OC)OC. The van der Waals surface area contributed by atoms with Crippen molar-refractivity contribution < 1.29 is 13.3 Å². The summed E-state index contributed by atoms with van der Waals surface area (Å²) in [4.78, 5) is 0. The van der Waals surface area contributed by atoms with Crippen molar-refractivity contribution in [3.63, 3.8) is 0 Å². The Labute approximate surface area is 106 Å². The normalized spacial score (nSPS) is 11.8. The highest BCUT2D eigenvalue weighted by Gasteiger charge is 2.37. The summed E-state index contributed by atoms with van der Waals surface area (Å²) >= 11 is 3.42. The lowest BCUT2D eigenvalue weighted by molar-refractivity contribution is 0.122. The van der Waals surface area contributed by atoms with Gasteiger partial charge in [-0.3, -0.25) is 0 Å². The molecule has 0 spiro atoms. The van der Waals surface area contributed by atoms with Crippen LogP contribution in [0.1, 0.15) is 11.1 Å². The molecule has 0 aromatic heterocycles. The van der Waals surface area contributed by atoms with Gasteiger partial charge in [-0.05, 0) is 11.1 Å². The van der Waals surface area contributed by atoms with Gasteiger partial charge in [-0.25, -0.2) is 0 Å². The van der Waals surface area contributed by atoms with Crippen molar-refractivity contribution in [1.29, 1.82) is 0 Å². The van der Waals surface area contributed by atoms with Gasteiger partial charge in [0, 0.05) is 32.7 Å². The smallest absolute Gasteiger partial charge is 0.377 e. The minimum absolute atomic E-state index is 0.694. The molecular formula is C11H17BrO3Si. The summed E-state index contributed by atoms with van der Waals surface area (Å²) in [6.07, 6.45) is 0. The number of hydrogen-bond donors (Lipinski definition) is 0. The Morgan fingerprint density at radius 2 is 1.38 bits per heavy atom. The molecule has 0 bridgehead atoms. The first-order valence-corrected chi connectivity index (χ1v) is 8.04. The predicted molar refractivity (Wildman–Crippen MR) is 69.6 cm³/mol. The van der Waals surface area contributed by atoms with Crippen LogP contribution in [0.4, 0.5) is 0 Å². The highest BCUT2D eigenvalue weighted by molar-refractivity contribution is 9.08. The fraction of sp³-hybridized carbons (Fsp3) is 0.455. The van der Waals surface area contributed by atoms with Crippen molar-refractivity contribution in [3.8, 4) is 0 Å². The Hall–Kier alpha value is -0.203. The van der Waals surface area contributed by atoms with Crippen molar-refractivity contribution in [2.75, 3.05) is 21.3 Å². The molecule has 0 unspecified atom stereocenters. The second-order valence-electron chi connectivity index (χ2n) is 3.42. The second kappa shape index (κ2) is 6.51. The molecule has 0 atom stereocenters. The number of rotatable bonds is 6. The lowest BCUT2D eigenvalue weighted by Crippen LogP contribution is -2.45. The summed E-state index contributed by atoms with van der Waals surface area (Å²) in [6.45, 7) is 0. The van der Waals surface area contributed by atoms with Gasteiger partial charge in [0.1, 0.15) is 0 Å². The summed E-state index contributed by atoms with van der Waals surface area (Å²) in [6, 6.07) is 9.03. The Kier molecular flexibility index (Phi) is 5.64. The van der Waals surface area contributed by atoms with Crippen molar-refractivity contribution in [3.05, 3.63) is 35.4 Å². The first-order chi connectivity index (χ1) is 7.69. The van der Waals surface area contributed by atoms with Gasteiger partial charge in [0.15, 0.2) is 0 Å². The zero-order valence-electron chi connectivity index (χ0n) is 9.83. The van der Waals surface area contributed by atoms with Crippen LogP contribution in [0.5, 0.6) is 0 Å². The third-order valence-electron chi connectivity index (χ3n) is 2.53. The number of alkyl halides is 1. The molecule has 0 heterocycles. The molecule has 0 aliphatic heterocycles. The van der Waals surface area contributed by atoms with E-state index in [0.29, 0.717) is 6.04 Å². The number of benzene rings is 1. The molecule has 3 nitrogen and oxygen atoms in total. The van der Waals surface area contributed by atoms with E-state index in [0.717, 1.165) is 5.33 Å². The molecule has 0 radical (unpaired) electrons. The quantitative estimate of drug-likeness (QED) is 0.597. The molecule has 0 aliphatic rings. The largest absolute Gasteiger partial charge is 0.504 e. The molecule has 0 aliphatic carbocycles. The van der Waals surface area contributed by atoms with Crippen LogP contribution in [0.25, 0.3) is 0 Å². The van der Waals surface area contributed by atoms with Crippen molar-refractivity contribution >= 4 is 24.7 Å². The predicted octanol–water partition coefficient (Wildman–Crippen LogP) is 2.54. The Morgan fingerprint density at radius 1 is 0.938 bits per heavy atom. The van der Waals surface area contributed by atoms with Crippen LogP contribution in [0.2, 0.25) is 0 Å². The average molecular weight is 305 g/mol. The Bertz CT molecular complexity index is 303. The van der Waals surface area contributed by atoms with Crippen LogP contribution in [0, 0.1) is 0 Å². The van der Waals surface area contributed by atoms with E-state index in [-0.39, 0.29) is 0 Å². The van der Waals surface area contributed by atoms with Crippen LogP contribution in [0.3, 0.4) is 0 Å². The highest BCUT2D eigenvalue weighted by Crippen LogP contribution is 2.16. The zero-order valence-corrected chi connectivity index (χ0v) is 12.4. The van der Waals surface area contributed by atoms with Gasteiger partial charge in [-0.2, -0.15) is 0 Å². The highest BCUT2D eigenvalue weighted by atomic mass is 79.9. The monoisotopic (exact) mass is 304 g/mol. The number of hydrogen-bond acceptors (Lipinski definition) is 3. The van der Waals surface area contributed by atoms with Gasteiger partial charge in [0.05, 0.1) is 0 Å². The minimum Gasteiger partial charge on any atom is -0.377 e. The first-order valence-electron chi connectivity index (χ1n) is 4.99. The molecule has 0 saturated heterocycles. The molecule has 0 amide bonds. The minimum atomic E-state index is -2.50. The van der Waals surface area contributed by atoms with Crippen molar-refractivity contribution in [2.24, 2.45) is 0 Å². The van der Waals surface area contributed by atoms with E-state index in [9.17, 15) is 0 Å². The fourth-order valence-corrected chi connectivity index (χ4v) is 3.51. The van der Waals surface area contributed by atoms with E-state index < -0.39 is 8.80 Å². The molecule has 16 heavy (non-hydrogen) atoms. The van der Waals surface area contributed by atoms with Gasteiger partial charge in [0.2, 0.25) is 0 Å². The van der Waals surface area contributed by atoms with Crippen LogP contribution in [0.15, 0.2) is 24.3 Å². The van der Waals surface area contributed by atoms with Crippen molar-refractivity contribution in [1.82, 2.24) is 0 Å². The molecular weight excluding hydrogens is 288 g/mol. The third kappa shape index (κ3) is 3.40. The summed E-state index contributed by atoms with van der Waals surface area (Å²) in [7, 11) is 2.40. The van der Waals surface area contributed by atoms with E-state index in [1.54, 1.807) is 21.3 Å². The maximum Gasteiger partial charge on any atom is 0.504 e. The van der Waals surface area contributed by atoms with Crippen molar-refractivity contribution in [2.45, 2.75) is 11.4 Å². The van der Waals surface area contributed by atoms with Gasteiger partial charge >= 0.3 is 8.80 Å². The maximum absolute atomic E-state index is 5.38.